The molecule has 1 heterocycles. The molecule has 0 radical (unpaired) electrons. The number of thiophene rings is 1. The number of aryl methyl sites for hydroxylation is 1. The number of para-hydroxylation sites is 1. The first-order valence-electron chi connectivity index (χ1n) is 10.3. The molecule has 7 nitrogen and oxygen atoms in total. The molecule has 2 N–H and O–H groups in total. The highest BCUT2D eigenvalue weighted by Gasteiger charge is 2.27. The van der Waals surface area contributed by atoms with Crippen molar-refractivity contribution in [2.75, 3.05) is 23.8 Å². The summed E-state index contributed by atoms with van der Waals surface area (Å²) in [5.74, 6) is -1.07. The lowest BCUT2D eigenvalue weighted by atomic mass is 10.1. The van der Waals surface area contributed by atoms with E-state index in [1.165, 1.54) is 6.07 Å². The highest BCUT2D eigenvalue weighted by Crippen LogP contribution is 2.35. The zero-order valence-corrected chi connectivity index (χ0v) is 21.0. The monoisotopic (exact) mass is 520 g/mol. The van der Waals surface area contributed by atoms with Gasteiger partial charge in [0.25, 0.3) is 11.8 Å². The van der Waals surface area contributed by atoms with Crippen molar-refractivity contribution >= 4 is 63.0 Å². The standard InChI is InChI=1S/C24H22Cl2N2O5S/c1-4-32-24(31)20-14(3)21(22(30)27-17-11-15(25)9-10-16(17)26)34-23(20)28-19(29)12-33-18-8-6-5-7-13(18)2/h5-11H,4,12H2,1-3H3,(H,27,30)(H,28,29). The van der Waals surface area contributed by atoms with Gasteiger partial charge in [0.15, 0.2) is 6.61 Å². The van der Waals surface area contributed by atoms with Gasteiger partial charge in [0, 0.05) is 5.02 Å². The van der Waals surface area contributed by atoms with Gasteiger partial charge in [-0.05, 0) is 56.2 Å². The second-order valence-corrected chi connectivity index (χ2v) is 9.03. The summed E-state index contributed by atoms with van der Waals surface area (Å²) in [7, 11) is 0. The Morgan fingerprint density at radius 3 is 2.47 bits per heavy atom. The number of ether oxygens (including phenoxy) is 2. The molecule has 10 heteroatoms. The van der Waals surface area contributed by atoms with Crippen molar-refractivity contribution in [3.8, 4) is 5.75 Å². The van der Waals surface area contributed by atoms with E-state index >= 15 is 0 Å². The van der Waals surface area contributed by atoms with Crippen LogP contribution in [0.3, 0.4) is 0 Å². The van der Waals surface area contributed by atoms with E-state index in [-0.39, 0.29) is 28.7 Å². The Bertz CT molecular complexity index is 1240. The van der Waals surface area contributed by atoms with Gasteiger partial charge < -0.3 is 20.1 Å². The van der Waals surface area contributed by atoms with Crippen molar-refractivity contribution < 1.29 is 23.9 Å². The average molecular weight is 521 g/mol. The van der Waals surface area contributed by atoms with Gasteiger partial charge in [-0.3, -0.25) is 9.59 Å². The number of rotatable bonds is 8. The van der Waals surface area contributed by atoms with Crippen LogP contribution in [-0.4, -0.2) is 31.0 Å². The van der Waals surface area contributed by atoms with Gasteiger partial charge in [0.2, 0.25) is 0 Å². The molecule has 0 fully saturated rings. The quantitative estimate of drug-likeness (QED) is 0.349. The summed E-state index contributed by atoms with van der Waals surface area (Å²) in [6.07, 6.45) is 0. The lowest BCUT2D eigenvalue weighted by molar-refractivity contribution is -0.118. The van der Waals surface area contributed by atoms with Gasteiger partial charge in [-0.15, -0.1) is 11.3 Å². The van der Waals surface area contributed by atoms with E-state index in [0.29, 0.717) is 27.0 Å². The number of nitrogens with one attached hydrogen (secondary N) is 2. The highest BCUT2D eigenvalue weighted by atomic mass is 35.5. The molecule has 34 heavy (non-hydrogen) atoms. The second-order valence-electron chi connectivity index (χ2n) is 7.16. The Morgan fingerprint density at radius 2 is 1.76 bits per heavy atom. The Balaban J connectivity index is 1.84. The summed E-state index contributed by atoms with van der Waals surface area (Å²) in [5.41, 5.74) is 1.68. The van der Waals surface area contributed by atoms with Crippen molar-refractivity contribution in [1.29, 1.82) is 0 Å². The van der Waals surface area contributed by atoms with Crippen molar-refractivity contribution in [3.05, 3.63) is 74.1 Å². The summed E-state index contributed by atoms with van der Waals surface area (Å²) in [4.78, 5) is 38.4. The van der Waals surface area contributed by atoms with Crippen molar-refractivity contribution in [1.82, 2.24) is 0 Å². The third kappa shape index (κ3) is 6.08. The number of amides is 2. The first kappa shape index (κ1) is 25.6. The van der Waals surface area contributed by atoms with E-state index in [0.717, 1.165) is 16.9 Å². The number of benzene rings is 2. The predicted octanol–water partition coefficient (Wildman–Crippen LogP) is 6.12. The lowest BCUT2D eigenvalue weighted by Crippen LogP contribution is -2.21. The first-order valence-corrected chi connectivity index (χ1v) is 11.8. The molecule has 3 rings (SSSR count). The average Bonchev–Trinajstić information content (AvgIpc) is 3.11. The zero-order chi connectivity index (χ0) is 24.8. The first-order chi connectivity index (χ1) is 16.2. The van der Waals surface area contributed by atoms with Crippen molar-refractivity contribution in [2.24, 2.45) is 0 Å². The smallest absolute Gasteiger partial charge is 0.341 e. The molecule has 0 unspecified atom stereocenters. The van der Waals surface area contributed by atoms with E-state index in [2.05, 4.69) is 10.6 Å². The van der Waals surface area contributed by atoms with Crippen LogP contribution in [0.15, 0.2) is 42.5 Å². The normalized spacial score (nSPS) is 10.5. The molecular weight excluding hydrogens is 499 g/mol. The van der Waals surface area contributed by atoms with Gasteiger partial charge >= 0.3 is 5.97 Å². The molecule has 2 amide bonds. The summed E-state index contributed by atoms with van der Waals surface area (Å²) in [5, 5.41) is 6.25. The van der Waals surface area contributed by atoms with Crippen LogP contribution in [0.5, 0.6) is 5.75 Å². The minimum Gasteiger partial charge on any atom is -0.483 e. The topological polar surface area (TPSA) is 93.7 Å². The van der Waals surface area contributed by atoms with Crippen LogP contribution < -0.4 is 15.4 Å². The molecule has 0 atom stereocenters. The predicted molar refractivity (Wildman–Crippen MR) is 135 cm³/mol. The fourth-order valence-corrected chi connectivity index (χ4v) is 4.51. The molecule has 3 aromatic rings. The molecule has 2 aromatic carbocycles. The van der Waals surface area contributed by atoms with E-state index in [1.807, 2.05) is 19.1 Å². The van der Waals surface area contributed by atoms with Gasteiger partial charge in [0.05, 0.1) is 27.8 Å². The lowest BCUT2D eigenvalue weighted by Gasteiger charge is -2.10. The van der Waals surface area contributed by atoms with Crippen molar-refractivity contribution in [3.63, 3.8) is 0 Å². The van der Waals surface area contributed by atoms with E-state index in [9.17, 15) is 14.4 Å². The number of hydrogen-bond acceptors (Lipinski definition) is 6. The maximum Gasteiger partial charge on any atom is 0.341 e. The number of carbonyl (C=O) groups is 3. The van der Waals surface area contributed by atoms with Gasteiger partial charge in [-0.25, -0.2) is 4.79 Å². The second kappa shape index (κ2) is 11.4. The molecular formula is C24H22Cl2N2O5S. The molecule has 0 spiro atoms. The highest BCUT2D eigenvalue weighted by molar-refractivity contribution is 7.19. The van der Waals surface area contributed by atoms with Crippen LogP contribution in [0, 0.1) is 13.8 Å². The number of carbonyl (C=O) groups excluding carboxylic acids is 3. The molecule has 1 aromatic heterocycles. The molecule has 0 bridgehead atoms. The maximum absolute atomic E-state index is 13.0. The SMILES string of the molecule is CCOC(=O)c1c(NC(=O)COc2ccccc2C)sc(C(=O)Nc2cc(Cl)ccc2Cl)c1C. The van der Waals surface area contributed by atoms with E-state index in [4.69, 9.17) is 32.7 Å². The van der Waals surface area contributed by atoms with Crippen molar-refractivity contribution in [2.45, 2.75) is 20.8 Å². The van der Waals surface area contributed by atoms with Crippen LogP contribution >= 0.6 is 34.5 Å². The Labute approximate surface area is 211 Å². The Hall–Kier alpha value is -3.07. The van der Waals surface area contributed by atoms with Crippen LogP contribution in [-0.2, 0) is 9.53 Å². The van der Waals surface area contributed by atoms with Gasteiger partial charge in [0.1, 0.15) is 10.8 Å². The number of halogens is 2. The third-order valence-electron chi connectivity index (χ3n) is 4.71. The largest absolute Gasteiger partial charge is 0.483 e. The fourth-order valence-electron chi connectivity index (χ4n) is 3.06. The number of hydrogen-bond donors (Lipinski definition) is 2. The summed E-state index contributed by atoms with van der Waals surface area (Å²) >= 11 is 13.1. The summed E-state index contributed by atoms with van der Waals surface area (Å²) in [6, 6.07) is 12.0. The van der Waals surface area contributed by atoms with Gasteiger partial charge in [-0.1, -0.05) is 41.4 Å². The molecule has 0 aliphatic rings. The molecule has 178 valence electrons. The van der Waals surface area contributed by atoms with Crippen LogP contribution in [0.4, 0.5) is 10.7 Å². The summed E-state index contributed by atoms with van der Waals surface area (Å²) < 4.78 is 10.7. The Morgan fingerprint density at radius 1 is 1.03 bits per heavy atom. The molecule has 0 saturated carbocycles. The third-order valence-corrected chi connectivity index (χ3v) is 6.49. The number of esters is 1. The minimum atomic E-state index is -0.647. The number of anilines is 2. The van der Waals surface area contributed by atoms with Crippen LogP contribution in [0.2, 0.25) is 10.0 Å². The molecule has 0 aliphatic carbocycles. The van der Waals surface area contributed by atoms with E-state index in [1.54, 1.807) is 38.1 Å². The molecule has 0 saturated heterocycles. The Kier molecular flexibility index (Phi) is 8.55. The molecule has 0 aliphatic heterocycles. The zero-order valence-electron chi connectivity index (χ0n) is 18.7. The van der Waals surface area contributed by atoms with Crippen LogP contribution in [0.1, 0.15) is 38.1 Å². The van der Waals surface area contributed by atoms with E-state index < -0.39 is 17.8 Å². The van der Waals surface area contributed by atoms with Gasteiger partial charge in [-0.2, -0.15) is 0 Å². The fraction of sp³-hybridized carbons (Fsp3) is 0.208. The summed E-state index contributed by atoms with van der Waals surface area (Å²) in [6.45, 7) is 5.01. The minimum absolute atomic E-state index is 0.110. The maximum atomic E-state index is 13.0. The van der Waals surface area contributed by atoms with Crippen LogP contribution in [0.25, 0.3) is 0 Å².